The fourth-order valence-corrected chi connectivity index (χ4v) is 2.14. The zero-order valence-electron chi connectivity index (χ0n) is 10.9. The Morgan fingerprint density at radius 2 is 1.79 bits per heavy atom. The number of amides is 1. The van der Waals surface area contributed by atoms with Crippen LogP contribution in [0, 0.1) is 13.8 Å². The average Bonchev–Trinajstić information content (AvgIpc) is 2.39. The van der Waals surface area contributed by atoms with E-state index in [1.54, 1.807) is 12.1 Å². The van der Waals surface area contributed by atoms with Crippen LogP contribution in [-0.2, 0) is 0 Å². The molecule has 0 atom stereocenters. The van der Waals surface area contributed by atoms with Crippen LogP contribution in [0.5, 0.6) is 0 Å². The van der Waals surface area contributed by atoms with Crippen LogP contribution < -0.4 is 5.73 Å². The summed E-state index contributed by atoms with van der Waals surface area (Å²) >= 11 is 0. The van der Waals surface area contributed by atoms with Crippen molar-refractivity contribution in [1.29, 1.82) is 0 Å². The summed E-state index contributed by atoms with van der Waals surface area (Å²) in [6, 6.07) is 11.1. The van der Waals surface area contributed by atoms with E-state index in [1.807, 2.05) is 38.1 Å². The Hall–Kier alpha value is -2.42. The first kappa shape index (κ1) is 13.0. The lowest BCUT2D eigenvalue weighted by Gasteiger charge is -2.09. The highest BCUT2D eigenvalue weighted by molar-refractivity contribution is 5.95. The number of nitrogens with two attached hydrogens (primary N) is 1. The third-order valence-corrected chi connectivity index (χ3v) is 3.20. The largest absolute Gasteiger partial charge is 0.366 e. The van der Waals surface area contributed by atoms with Crippen molar-refractivity contribution in [2.24, 2.45) is 5.73 Å². The molecule has 0 aliphatic carbocycles. The van der Waals surface area contributed by atoms with Gasteiger partial charge >= 0.3 is 0 Å². The maximum atomic E-state index is 11.4. The molecule has 0 unspecified atom stereocenters. The third kappa shape index (κ3) is 2.55. The van der Waals surface area contributed by atoms with Gasteiger partial charge in [0.2, 0.25) is 5.91 Å². The van der Waals surface area contributed by atoms with Gasteiger partial charge in [-0.05, 0) is 48.2 Å². The van der Waals surface area contributed by atoms with Gasteiger partial charge in [-0.25, -0.2) is 0 Å². The fraction of sp³-hybridized carbons (Fsp3) is 0.125. The summed E-state index contributed by atoms with van der Waals surface area (Å²) in [6.45, 7) is 3.79. The Bertz CT molecular complexity index is 660. The van der Waals surface area contributed by atoms with Crippen LogP contribution in [0.25, 0.3) is 11.1 Å². The first-order valence-electron chi connectivity index (χ1n) is 5.99. The van der Waals surface area contributed by atoms with Crippen LogP contribution in [0.2, 0.25) is 0 Å². The van der Waals surface area contributed by atoms with E-state index in [2.05, 4.69) is 0 Å². The van der Waals surface area contributed by atoms with E-state index in [0.29, 0.717) is 11.1 Å². The first-order valence-corrected chi connectivity index (χ1v) is 5.99. The molecular weight excluding hydrogens is 238 g/mol. The summed E-state index contributed by atoms with van der Waals surface area (Å²) in [6.07, 6.45) is 0.820. The molecular formula is C16H15NO2. The number of aldehydes is 1. The Balaban J connectivity index is 2.56. The molecule has 3 heteroatoms. The summed E-state index contributed by atoms with van der Waals surface area (Å²) in [5.74, 6) is -0.429. The smallest absolute Gasteiger partial charge is 0.248 e. The van der Waals surface area contributed by atoms with E-state index in [1.165, 1.54) is 0 Å². The molecule has 0 saturated heterocycles. The molecule has 3 nitrogen and oxygen atoms in total. The van der Waals surface area contributed by atoms with Crippen molar-refractivity contribution in [3.05, 3.63) is 58.7 Å². The Morgan fingerprint density at radius 1 is 1.05 bits per heavy atom. The van der Waals surface area contributed by atoms with Crippen molar-refractivity contribution in [1.82, 2.24) is 0 Å². The van der Waals surface area contributed by atoms with Crippen LogP contribution in [-0.4, -0.2) is 12.2 Å². The second kappa shape index (κ2) is 5.06. The van der Waals surface area contributed by atoms with Crippen LogP contribution in [0.3, 0.4) is 0 Å². The first-order chi connectivity index (χ1) is 9.02. The number of benzene rings is 2. The van der Waals surface area contributed by atoms with Crippen LogP contribution in [0.4, 0.5) is 0 Å². The molecule has 2 aromatic carbocycles. The highest BCUT2D eigenvalue weighted by Gasteiger charge is 2.09. The summed E-state index contributed by atoms with van der Waals surface area (Å²) in [5, 5.41) is 0. The number of primary amides is 1. The summed E-state index contributed by atoms with van der Waals surface area (Å²) in [4.78, 5) is 22.1. The number of aryl methyl sites for hydroxylation is 2. The predicted molar refractivity (Wildman–Crippen MR) is 75.3 cm³/mol. The Morgan fingerprint density at radius 3 is 2.37 bits per heavy atom. The predicted octanol–water partition coefficient (Wildman–Crippen LogP) is 2.88. The van der Waals surface area contributed by atoms with Crippen molar-refractivity contribution >= 4 is 12.2 Å². The topological polar surface area (TPSA) is 60.2 Å². The number of carbonyl (C=O) groups excluding carboxylic acids is 2. The molecule has 0 aliphatic heterocycles. The normalized spacial score (nSPS) is 10.2. The minimum absolute atomic E-state index is 0.429. The van der Waals surface area contributed by atoms with Gasteiger partial charge < -0.3 is 5.73 Å². The van der Waals surface area contributed by atoms with Crippen molar-refractivity contribution in [3.8, 4) is 11.1 Å². The third-order valence-electron chi connectivity index (χ3n) is 3.20. The molecule has 0 heterocycles. The zero-order valence-corrected chi connectivity index (χ0v) is 10.9. The maximum Gasteiger partial charge on any atom is 0.248 e. The molecule has 1 amide bonds. The van der Waals surface area contributed by atoms with E-state index in [4.69, 9.17) is 5.73 Å². The summed E-state index contributed by atoms with van der Waals surface area (Å²) < 4.78 is 0. The minimum atomic E-state index is -0.429. The SMILES string of the molecule is Cc1ccc(-c2ccc(C=O)cc2C)cc1C(N)=O. The zero-order chi connectivity index (χ0) is 14.0. The molecule has 0 fully saturated rings. The molecule has 2 aromatic rings. The second-order valence-corrected chi connectivity index (χ2v) is 4.59. The van der Waals surface area contributed by atoms with Gasteiger partial charge in [-0.3, -0.25) is 9.59 Å². The van der Waals surface area contributed by atoms with Gasteiger partial charge in [-0.1, -0.05) is 24.3 Å². The molecule has 0 saturated carbocycles. The standard InChI is InChI=1S/C16H15NO2/c1-10-3-5-13(8-15(10)16(17)19)14-6-4-12(9-18)7-11(14)2/h3-9H,1-2H3,(H2,17,19). The number of carbonyl (C=O) groups is 2. The second-order valence-electron chi connectivity index (χ2n) is 4.59. The lowest BCUT2D eigenvalue weighted by atomic mass is 9.95. The highest BCUT2D eigenvalue weighted by atomic mass is 16.1. The number of hydrogen-bond donors (Lipinski definition) is 1. The molecule has 96 valence electrons. The van der Waals surface area contributed by atoms with Gasteiger partial charge in [0.25, 0.3) is 0 Å². The van der Waals surface area contributed by atoms with Crippen molar-refractivity contribution in [3.63, 3.8) is 0 Å². The van der Waals surface area contributed by atoms with Crippen LogP contribution in [0.15, 0.2) is 36.4 Å². The molecule has 2 N–H and O–H groups in total. The molecule has 0 spiro atoms. The van der Waals surface area contributed by atoms with E-state index in [0.717, 1.165) is 28.5 Å². The maximum absolute atomic E-state index is 11.4. The minimum Gasteiger partial charge on any atom is -0.366 e. The lowest BCUT2D eigenvalue weighted by molar-refractivity contribution is 0.0999. The van der Waals surface area contributed by atoms with E-state index < -0.39 is 5.91 Å². The monoisotopic (exact) mass is 253 g/mol. The molecule has 0 bridgehead atoms. The van der Waals surface area contributed by atoms with Gasteiger partial charge in [0, 0.05) is 11.1 Å². The van der Waals surface area contributed by atoms with Crippen LogP contribution >= 0.6 is 0 Å². The van der Waals surface area contributed by atoms with Crippen LogP contribution in [0.1, 0.15) is 31.8 Å². The van der Waals surface area contributed by atoms with Crippen molar-refractivity contribution in [2.45, 2.75) is 13.8 Å². The molecule has 2 rings (SSSR count). The number of rotatable bonds is 3. The summed E-state index contributed by atoms with van der Waals surface area (Å²) in [7, 11) is 0. The molecule has 19 heavy (non-hydrogen) atoms. The van der Waals surface area contributed by atoms with Gasteiger partial charge in [-0.2, -0.15) is 0 Å². The van der Waals surface area contributed by atoms with E-state index in [-0.39, 0.29) is 0 Å². The average molecular weight is 253 g/mol. The van der Waals surface area contributed by atoms with Crippen molar-refractivity contribution < 1.29 is 9.59 Å². The highest BCUT2D eigenvalue weighted by Crippen LogP contribution is 2.26. The van der Waals surface area contributed by atoms with Gasteiger partial charge in [0.15, 0.2) is 0 Å². The molecule has 0 radical (unpaired) electrons. The quantitative estimate of drug-likeness (QED) is 0.855. The van der Waals surface area contributed by atoms with Gasteiger partial charge in [0.05, 0.1) is 0 Å². The Kier molecular flexibility index (Phi) is 3.47. The summed E-state index contributed by atoms with van der Waals surface area (Å²) in [5.41, 5.74) is 10.3. The fourth-order valence-electron chi connectivity index (χ4n) is 2.14. The molecule has 0 aromatic heterocycles. The lowest BCUT2D eigenvalue weighted by Crippen LogP contribution is -2.12. The van der Waals surface area contributed by atoms with Crippen molar-refractivity contribution in [2.75, 3.05) is 0 Å². The Labute approximate surface area is 112 Å². The van der Waals surface area contributed by atoms with Gasteiger partial charge in [0.1, 0.15) is 6.29 Å². The van der Waals surface area contributed by atoms with E-state index in [9.17, 15) is 9.59 Å². The van der Waals surface area contributed by atoms with E-state index >= 15 is 0 Å². The molecule has 0 aliphatic rings. The van der Waals surface area contributed by atoms with Gasteiger partial charge in [-0.15, -0.1) is 0 Å². The number of hydrogen-bond acceptors (Lipinski definition) is 2.